The van der Waals surface area contributed by atoms with Gasteiger partial charge in [-0.3, -0.25) is 0 Å². The van der Waals surface area contributed by atoms with Crippen molar-refractivity contribution >= 4 is 65.8 Å². The van der Waals surface area contributed by atoms with Crippen LogP contribution in [0.5, 0.6) is 0 Å². The molecule has 0 amide bonds. The van der Waals surface area contributed by atoms with E-state index in [9.17, 15) is 0 Å². The number of hydrogen-bond donors (Lipinski definition) is 0. The van der Waals surface area contributed by atoms with Crippen LogP contribution < -0.4 is 0 Å². The van der Waals surface area contributed by atoms with Gasteiger partial charge in [0.2, 0.25) is 5.71 Å². The average Bonchev–Trinajstić information content (AvgIpc) is 3.77. The molecular formula is C40H23N3O2. The second-order valence-corrected chi connectivity index (χ2v) is 11.4. The van der Waals surface area contributed by atoms with Crippen molar-refractivity contribution in [2.45, 2.75) is 0 Å². The molecule has 0 aliphatic carbocycles. The summed E-state index contributed by atoms with van der Waals surface area (Å²) in [5, 5.41) is 6.42. The summed E-state index contributed by atoms with van der Waals surface area (Å²) < 4.78 is 15.1. The number of hydrogen-bond acceptors (Lipinski definition) is 4. The molecule has 10 rings (SSSR count). The van der Waals surface area contributed by atoms with Crippen LogP contribution in [0.4, 0.5) is 0 Å². The molecule has 5 nitrogen and oxygen atoms in total. The molecule has 0 aliphatic heterocycles. The van der Waals surface area contributed by atoms with E-state index in [0.29, 0.717) is 11.5 Å². The zero-order chi connectivity index (χ0) is 29.5. The summed E-state index contributed by atoms with van der Waals surface area (Å²) in [5.41, 5.74) is 9.18. The smallest absolute Gasteiger partial charge is 0.231 e. The van der Waals surface area contributed by atoms with Gasteiger partial charge in [0.25, 0.3) is 0 Å². The molecule has 0 atom stereocenters. The Labute approximate surface area is 256 Å². The van der Waals surface area contributed by atoms with Gasteiger partial charge >= 0.3 is 0 Å². The first-order chi connectivity index (χ1) is 22.3. The molecule has 5 heteroatoms. The van der Waals surface area contributed by atoms with Gasteiger partial charge in [0.15, 0.2) is 5.82 Å². The fraction of sp³-hybridized carbons (Fsp3) is 0. The second kappa shape index (κ2) is 9.15. The van der Waals surface area contributed by atoms with Gasteiger partial charge in [0.05, 0.1) is 27.5 Å². The summed E-state index contributed by atoms with van der Waals surface area (Å²) in [7, 11) is 0. The molecule has 0 saturated carbocycles. The number of benzene rings is 6. The lowest BCUT2D eigenvalue weighted by atomic mass is 10.0. The van der Waals surface area contributed by atoms with Crippen molar-refractivity contribution < 1.29 is 8.83 Å². The number of furan rings is 2. The Morgan fingerprint density at radius 3 is 2.04 bits per heavy atom. The largest absolute Gasteiger partial charge is 0.455 e. The molecular weight excluding hydrogens is 554 g/mol. The molecule has 0 N–H and O–H groups in total. The van der Waals surface area contributed by atoms with Crippen LogP contribution in [0.3, 0.4) is 0 Å². The van der Waals surface area contributed by atoms with E-state index in [2.05, 4.69) is 83.4 Å². The van der Waals surface area contributed by atoms with Crippen LogP contribution in [0.25, 0.3) is 94.1 Å². The minimum atomic E-state index is 0.578. The highest BCUT2D eigenvalue weighted by atomic mass is 16.3. The number of fused-ring (bicyclic) bond motifs is 10. The predicted molar refractivity (Wildman–Crippen MR) is 182 cm³/mol. The van der Waals surface area contributed by atoms with Crippen molar-refractivity contribution in [2.24, 2.45) is 0 Å². The number of nitrogens with zero attached hydrogens (tertiary/aromatic N) is 3. The lowest BCUT2D eigenvalue weighted by Gasteiger charge is -2.11. The van der Waals surface area contributed by atoms with E-state index in [4.69, 9.17) is 18.8 Å². The quantitative estimate of drug-likeness (QED) is 0.210. The van der Waals surface area contributed by atoms with Gasteiger partial charge < -0.3 is 13.4 Å². The summed E-state index contributed by atoms with van der Waals surface area (Å²) in [4.78, 5) is 10.1. The Balaban J connectivity index is 1.26. The van der Waals surface area contributed by atoms with Crippen molar-refractivity contribution in [1.29, 1.82) is 0 Å². The molecule has 45 heavy (non-hydrogen) atoms. The van der Waals surface area contributed by atoms with Crippen LogP contribution in [0.15, 0.2) is 148 Å². The summed E-state index contributed by atoms with van der Waals surface area (Å²) in [6.45, 7) is 0. The van der Waals surface area contributed by atoms with Gasteiger partial charge in [-0.05, 0) is 42.5 Å². The molecule has 0 aliphatic rings. The van der Waals surface area contributed by atoms with Crippen LogP contribution in [0.1, 0.15) is 0 Å². The topological polar surface area (TPSA) is 57.0 Å². The summed E-state index contributed by atoms with van der Waals surface area (Å²) in [6.07, 6.45) is 0. The second-order valence-electron chi connectivity index (χ2n) is 11.4. The SMILES string of the molecule is c1ccc(-c2nc(-c3cccc(-n4c5ccccc5c5c6oc7ccccc7c6ccc54)c3)c3c(n2)oc2ccccc23)cc1. The molecule has 6 aromatic carbocycles. The number of rotatable bonds is 3. The minimum absolute atomic E-state index is 0.578. The fourth-order valence-corrected chi connectivity index (χ4v) is 6.85. The van der Waals surface area contributed by atoms with E-state index in [1.165, 1.54) is 0 Å². The molecule has 210 valence electrons. The molecule has 4 aromatic heterocycles. The van der Waals surface area contributed by atoms with Crippen LogP contribution in [0, 0.1) is 0 Å². The average molecular weight is 578 g/mol. The highest BCUT2D eigenvalue weighted by molar-refractivity contribution is 6.24. The monoisotopic (exact) mass is 577 g/mol. The van der Waals surface area contributed by atoms with Crippen molar-refractivity contribution in [1.82, 2.24) is 14.5 Å². The lowest BCUT2D eigenvalue weighted by Crippen LogP contribution is -1.97. The Morgan fingerprint density at radius 1 is 0.467 bits per heavy atom. The maximum absolute atomic E-state index is 6.51. The van der Waals surface area contributed by atoms with Gasteiger partial charge in [0, 0.05) is 38.4 Å². The van der Waals surface area contributed by atoms with Gasteiger partial charge in [-0.25, -0.2) is 4.98 Å². The highest BCUT2D eigenvalue weighted by Crippen LogP contribution is 2.42. The van der Waals surface area contributed by atoms with Gasteiger partial charge in [-0.15, -0.1) is 0 Å². The molecule has 0 saturated heterocycles. The van der Waals surface area contributed by atoms with Crippen molar-refractivity contribution in [2.75, 3.05) is 0 Å². The lowest BCUT2D eigenvalue weighted by molar-refractivity contribution is 0.653. The van der Waals surface area contributed by atoms with E-state index >= 15 is 0 Å². The fourth-order valence-electron chi connectivity index (χ4n) is 6.85. The maximum atomic E-state index is 6.51. The van der Waals surface area contributed by atoms with Crippen molar-refractivity contribution in [3.63, 3.8) is 0 Å². The van der Waals surface area contributed by atoms with Gasteiger partial charge in [-0.1, -0.05) is 97.1 Å². The Bertz CT molecular complexity index is 2770. The Morgan fingerprint density at radius 2 is 1.18 bits per heavy atom. The van der Waals surface area contributed by atoms with Crippen LogP contribution in [-0.2, 0) is 0 Å². The van der Waals surface area contributed by atoms with E-state index in [-0.39, 0.29) is 0 Å². The molecule has 0 spiro atoms. The third-order valence-electron chi connectivity index (χ3n) is 8.83. The van der Waals surface area contributed by atoms with Gasteiger partial charge in [-0.2, -0.15) is 4.98 Å². The molecule has 10 aromatic rings. The molecule has 4 heterocycles. The molecule has 0 unspecified atom stereocenters. The van der Waals surface area contributed by atoms with Gasteiger partial charge in [0.1, 0.15) is 16.7 Å². The third kappa shape index (κ3) is 3.49. The van der Waals surface area contributed by atoms with Crippen LogP contribution in [-0.4, -0.2) is 14.5 Å². The highest BCUT2D eigenvalue weighted by Gasteiger charge is 2.21. The van der Waals surface area contributed by atoms with Crippen molar-refractivity contribution in [3.8, 4) is 28.3 Å². The van der Waals surface area contributed by atoms with E-state index in [0.717, 1.165) is 82.6 Å². The Kier molecular flexibility index (Phi) is 4.93. The number of para-hydroxylation sites is 3. The van der Waals surface area contributed by atoms with Crippen LogP contribution >= 0.6 is 0 Å². The minimum Gasteiger partial charge on any atom is -0.455 e. The standard InChI is InChI=1S/C40H23N3O2/c1-2-11-24(12-3-1)39-41-37(36-30-17-6-9-20-34(30)45-40(36)42-39)25-13-10-14-26(23-25)43-31-18-7-4-16-29(31)35-32(43)22-21-28-27-15-5-8-19-33(27)44-38(28)35/h1-23H. The maximum Gasteiger partial charge on any atom is 0.231 e. The van der Waals surface area contributed by atoms with E-state index in [1.807, 2.05) is 60.7 Å². The zero-order valence-corrected chi connectivity index (χ0v) is 23.9. The third-order valence-corrected chi connectivity index (χ3v) is 8.83. The first-order valence-corrected chi connectivity index (χ1v) is 15.0. The first-order valence-electron chi connectivity index (χ1n) is 15.0. The summed E-state index contributed by atoms with van der Waals surface area (Å²) >= 11 is 0. The molecule has 0 bridgehead atoms. The van der Waals surface area contributed by atoms with Crippen LogP contribution in [0.2, 0.25) is 0 Å². The first kappa shape index (κ1) is 24.3. The Hall–Kier alpha value is -6.20. The summed E-state index contributed by atoms with van der Waals surface area (Å²) in [6, 6.07) is 47.9. The molecule has 0 fully saturated rings. The summed E-state index contributed by atoms with van der Waals surface area (Å²) in [5.74, 6) is 0.631. The van der Waals surface area contributed by atoms with E-state index < -0.39 is 0 Å². The zero-order valence-electron chi connectivity index (χ0n) is 23.9. The number of aromatic nitrogens is 3. The predicted octanol–water partition coefficient (Wildman–Crippen LogP) is 10.7. The molecule has 0 radical (unpaired) electrons. The van der Waals surface area contributed by atoms with Crippen molar-refractivity contribution in [3.05, 3.63) is 140 Å². The van der Waals surface area contributed by atoms with E-state index in [1.54, 1.807) is 0 Å². The normalized spacial score (nSPS) is 12.0.